The van der Waals surface area contributed by atoms with Crippen LogP contribution in [0.4, 0.5) is 0 Å². The molecular weight excluding hydrogens is 136 g/mol. The van der Waals surface area contributed by atoms with Crippen LogP contribution in [-0.4, -0.2) is 31.1 Å². The fraction of sp³-hybridized carbons (Fsp3) is 1.00. The van der Waals surface area contributed by atoms with E-state index < -0.39 is 0 Å². The lowest BCUT2D eigenvalue weighted by atomic mass is 9.82. The van der Waals surface area contributed by atoms with Crippen molar-refractivity contribution in [2.24, 2.45) is 17.6 Å². The second kappa shape index (κ2) is 3.55. The second-order valence-corrected chi connectivity index (χ2v) is 3.98. The van der Waals surface area contributed by atoms with E-state index in [1.54, 1.807) is 0 Å². The molecule has 1 fully saturated rings. The van der Waals surface area contributed by atoms with Gasteiger partial charge in [-0.15, -0.1) is 0 Å². The third-order valence-corrected chi connectivity index (χ3v) is 2.97. The smallest absolute Gasteiger partial charge is 0.0147 e. The molecule has 0 saturated carbocycles. The predicted octanol–water partition coefficient (Wildman–Crippen LogP) is 0.921. The van der Waals surface area contributed by atoms with E-state index >= 15 is 0 Å². The van der Waals surface area contributed by atoms with Crippen LogP contribution in [-0.2, 0) is 0 Å². The number of likely N-dealkylation sites (tertiary alicyclic amines) is 1. The van der Waals surface area contributed by atoms with E-state index in [1.807, 2.05) is 0 Å². The van der Waals surface area contributed by atoms with Crippen LogP contribution in [0.2, 0.25) is 0 Å². The summed E-state index contributed by atoms with van der Waals surface area (Å²) in [7, 11) is 2.19. The second-order valence-electron chi connectivity index (χ2n) is 3.98. The van der Waals surface area contributed by atoms with Crippen LogP contribution in [0.5, 0.6) is 0 Å². The first kappa shape index (κ1) is 9.01. The summed E-state index contributed by atoms with van der Waals surface area (Å²) < 4.78 is 0. The summed E-state index contributed by atoms with van der Waals surface area (Å²) >= 11 is 0. The molecule has 2 atom stereocenters. The number of nitrogens with zero attached hydrogens (tertiary/aromatic N) is 1. The van der Waals surface area contributed by atoms with E-state index in [2.05, 4.69) is 25.8 Å². The van der Waals surface area contributed by atoms with Crippen LogP contribution in [0.1, 0.15) is 20.3 Å². The molecule has 1 saturated heterocycles. The van der Waals surface area contributed by atoms with Crippen LogP contribution in [0.25, 0.3) is 0 Å². The lowest BCUT2D eigenvalue weighted by Gasteiger charge is -2.44. The Kier molecular flexibility index (Phi) is 2.90. The van der Waals surface area contributed by atoms with Crippen molar-refractivity contribution in [1.29, 1.82) is 0 Å². The molecule has 0 aliphatic carbocycles. The van der Waals surface area contributed by atoms with Crippen LogP contribution in [0.15, 0.2) is 0 Å². The SMILES string of the molecule is CC(C)C(CN)C1CCN1C. The summed E-state index contributed by atoms with van der Waals surface area (Å²) in [5, 5.41) is 0. The molecule has 1 aliphatic heterocycles. The van der Waals surface area contributed by atoms with E-state index in [1.165, 1.54) is 13.0 Å². The molecule has 0 aromatic carbocycles. The van der Waals surface area contributed by atoms with Gasteiger partial charge < -0.3 is 10.6 Å². The minimum atomic E-state index is 0.703. The largest absolute Gasteiger partial charge is 0.330 e. The van der Waals surface area contributed by atoms with Gasteiger partial charge in [0.15, 0.2) is 0 Å². The number of hydrogen-bond acceptors (Lipinski definition) is 2. The van der Waals surface area contributed by atoms with Gasteiger partial charge in [0.2, 0.25) is 0 Å². The molecule has 1 rings (SSSR count). The molecule has 0 bridgehead atoms. The van der Waals surface area contributed by atoms with Gasteiger partial charge in [-0.1, -0.05) is 13.8 Å². The molecule has 0 radical (unpaired) electrons. The first-order valence-electron chi connectivity index (χ1n) is 4.57. The quantitative estimate of drug-likeness (QED) is 0.658. The maximum Gasteiger partial charge on any atom is 0.0147 e. The summed E-state index contributed by atoms with van der Waals surface area (Å²) in [6.07, 6.45) is 1.34. The summed E-state index contributed by atoms with van der Waals surface area (Å²) in [6.45, 7) is 6.63. The minimum absolute atomic E-state index is 0.703. The Labute approximate surface area is 69.8 Å². The molecule has 0 amide bonds. The van der Waals surface area contributed by atoms with Gasteiger partial charge >= 0.3 is 0 Å². The van der Waals surface area contributed by atoms with Crippen molar-refractivity contribution in [3.8, 4) is 0 Å². The first-order valence-corrected chi connectivity index (χ1v) is 4.57. The normalized spacial score (nSPS) is 28.6. The number of rotatable bonds is 3. The third-order valence-electron chi connectivity index (χ3n) is 2.97. The van der Waals surface area contributed by atoms with Crippen LogP contribution < -0.4 is 5.73 Å². The van der Waals surface area contributed by atoms with Crippen LogP contribution in [0, 0.1) is 11.8 Å². The van der Waals surface area contributed by atoms with Gasteiger partial charge in [-0.3, -0.25) is 0 Å². The molecule has 2 heteroatoms. The van der Waals surface area contributed by atoms with Crippen molar-refractivity contribution in [1.82, 2.24) is 4.90 Å². The van der Waals surface area contributed by atoms with Gasteiger partial charge in [0, 0.05) is 6.04 Å². The molecule has 11 heavy (non-hydrogen) atoms. The Bertz CT molecular complexity index is 123. The predicted molar refractivity (Wildman–Crippen MR) is 48.4 cm³/mol. The van der Waals surface area contributed by atoms with Gasteiger partial charge in [-0.25, -0.2) is 0 Å². The number of nitrogens with two attached hydrogens (primary N) is 1. The topological polar surface area (TPSA) is 29.3 Å². The standard InChI is InChI=1S/C9H20N2/c1-7(2)8(6-10)9-4-5-11(9)3/h7-9H,4-6,10H2,1-3H3. The lowest BCUT2D eigenvalue weighted by molar-refractivity contribution is 0.0560. The molecule has 2 nitrogen and oxygen atoms in total. The highest BCUT2D eigenvalue weighted by Gasteiger charge is 2.32. The summed E-state index contributed by atoms with van der Waals surface area (Å²) in [5.74, 6) is 1.43. The van der Waals surface area contributed by atoms with Crippen LogP contribution in [0.3, 0.4) is 0 Å². The zero-order valence-electron chi connectivity index (χ0n) is 7.88. The molecule has 0 spiro atoms. The van der Waals surface area contributed by atoms with E-state index in [-0.39, 0.29) is 0 Å². The Balaban J connectivity index is 2.41. The molecule has 1 aliphatic rings. The fourth-order valence-corrected chi connectivity index (χ4v) is 1.95. The maximum absolute atomic E-state index is 5.72. The molecule has 2 unspecified atom stereocenters. The Hall–Kier alpha value is -0.0800. The van der Waals surface area contributed by atoms with E-state index in [9.17, 15) is 0 Å². The molecule has 66 valence electrons. The fourth-order valence-electron chi connectivity index (χ4n) is 1.95. The van der Waals surface area contributed by atoms with E-state index in [0.29, 0.717) is 5.92 Å². The van der Waals surface area contributed by atoms with Crippen molar-refractivity contribution < 1.29 is 0 Å². The summed E-state index contributed by atoms with van der Waals surface area (Å²) in [6, 6.07) is 0.764. The zero-order chi connectivity index (χ0) is 8.43. The van der Waals surface area contributed by atoms with Crippen molar-refractivity contribution in [3.05, 3.63) is 0 Å². The monoisotopic (exact) mass is 156 g/mol. The van der Waals surface area contributed by atoms with Gasteiger partial charge in [0.1, 0.15) is 0 Å². The highest BCUT2D eigenvalue weighted by Crippen LogP contribution is 2.27. The first-order chi connectivity index (χ1) is 5.16. The molecule has 0 aromatic heterocycles. The lowest BCUT2D eigenvalue weighted by Crippen LogP contribution is -2.52. The van der Waals surface area contributed by atoms with E-state index in [4.69, 9.17) is 5.73 Å². The van der Waals surface area contributed by atoms with Crippen molar-refractivity contribution in [2.75, 3.05) is 20.1 Å². The van der Waals surface area contributed by atoms with Gasteiger partial charge in [-0.2, -0.15) is 0 Å². The average molecular weight is 156 g/mol. The van der Waals surface area contributed by atoms with E-state index in [0.717, 1.165) is 18.5 Å². The highest BCUT2D eigenvalue weighted by atomic mass is 15.2. The average Bonchev–Trinajstić information content (AvgIpc) is 1.96. The minimum Gasteiger partial charge on any atom is -0.330 e. The Morgan fingerprint density at radius 3 is 2.27 bits per heavy atom. The Morgan fingerprint density at radius 1 is 1.55 bits per heavy atom. The van der Waals surface area contributed by atoms with Gasteiger partial charge in [0.25, 0.3) is 0 Å². The molecule has 0 aromatic rings. The third kappa shape index (κ3) is 1.74. The van der Waals surface area contributed by atoms with Gasteiger partial charge in [-0.05, 0) is 38.4 Å². The van der Waals surface area contributed by atoms with Crippen molar-refractivity contribution >= 4 is 0 Å². The van der Waals surface area contributed by atoms with Crippen LogP contribution >= 0.6 is 0 Å². The number of hydrogen-bond donors (Lipinski definition) is 1. The summed E-state index contributed by atoms with van der Waals surface area (Å²) in [4.78, 5) is 2.41. The Morgan fingerprint density at radius 2 is 2.18 bits per heavy atom. The van der Waals surface area contributed by atoms with Gasteiger partial charge in [0.05, 0.1) is 0 Å². The summed E-state index contributed by atoms with van der Waals surface area (Å²) in [5.41, 5.74) is 5.72. The van der Waals surface area contributed by atoms with Crippen molar-refractivity contribution in [3.63, 3.8) is 0 Å². The maximum atomic E-state index is 5.72. The molecule has 2 N–H and O–H groups in total. The zero-order valence-corrected chi connectivity index (χ0v) is 7.88. The van der Waals surface area contributed by atoms with Crippen molar-refractivity contribution in [2.45, 2.75) is 26.3 Å². The molecule has 1 heterocycles. The molecular formula is C9H20N2. The highest BCUT2D eigenvalue weighted by molar-refractivity contribution is 4.87.